The fourth-order valence-electron chi connectivity index (χ4n) is 2.44. The molecule has 3 aromatic rings. The summed E-state index contributed by atoms with van der Waals surface area (Å²) in [5, 5.41) is 19.9. The number of aromatic nitrogens is 1. The van der Waals surface area contributed by atoms with Crippen molar-refractivity contribution in [2.75, 3.05) is 7.11 Å². The second-order valence-corrected chi connectivity index (χ2v) is 7.99. The molecule has 0 amide bonds. The molecule has 0 aliphatic carbocycles. The van der Waals surface area contributed by atoms with Gasteiger partial charge in [0.2, 0.25) is 0 Å². The van der Waals surface area contributed by atoms with Crippen LogP contribution in [0, 0.1) is 0 Å². The molecule has 7 nitrogen and oxygen atoms in total. The van der Waals surface area contributed by atoms with E-state index in [0.717, 1.165) is 5.75 Å². The van der Waals surface area contributed by atoms with Crippen molar-refractivity contribution in [3.05, 3.63) is 54.4 Å². The molecule has 1 atom stereocenters. The van der Waals surface area contributed by atoms with E-state index in [1.165, 1.54) is 6.20 Å². The Labute approximate surface area is 161 Å². The van der Waals surface area contributed by atoms with Gasteiger partial charge in [0, 0.05) is 0 Å². The summed E-state index contributed by atoms with van der Waals surface area (Å²) in [6, 6.07) is 12.1. The Balaban J connectivity index is 1.84. The number of carboxylic acid groups (broad SMARTS) is 1. The quantitative estimate of drug-likeness (QED) is 0.557. The van der Waals surface area contributed by atoms with Crippen LogP contribution in [0.15, 0.2) is 48.7 Å². The summed E-state index contributed by atoms with van der Waals surface area (Å²) >= 11 is -1.41. The number of rotatable bonds is 7. The Hall–Kier alpha value is -3.05. The molecule has 0 saturated carbocycles. The summed E-state index contributed by atoms with van der Waals surface area (Å²) in [6.45, 7) is 0. The van der Waals surface area contributed by atoms with E-state index in [1.807, 2.05) is 0 Å². The van der Waals surface area contributed by atoms with Crippen LogP contribution in [0.25, 0.3) is 10.8 Å². The number of ether oxygens (including phenoxy) is 2. The summed E-state index contributed by atoms with van der Waals surface area (Å²) in [5.41, 5.74) is -0.0763. The zero-order valence-corrected chi connectivity index (χ0v) is 16.4. The van der Waals surface area contributed by atoms with E-state index < -0.39 is 26.3 Å². The van der Waals surface area contributed by atoms with Crippen molar-refractivity contribution in [2.45, 2.75) is 5.21 Å². The van der Waals surface area contributed by atoms with Gasteiger partial charge in [-0.25, -0.2) is 0 Å². The molecule has 27 heavy (non-hydrogen) atoms. The third-order valence-electron chi connectivity index (χ3n) is 3.75. The molecule has 8 heteroatoms. The molecule has 0 bridgehead atoms. The molecular weight excluding hydrogens is 413 g/mol. The SMILES string of the molecule is COc1ccc(Oc2ccc3c(O)c(C(=O)[AsH]CC(=O)O)ncc3c2)cc1. The number of fused-ring (bicyclic) bond motifs is 1. The number of hydrogen-bond donors (Lipinski definition) is 2. The first-order valence-corrected chi connectivity index (χ1v) is 10.4. The molecule has 0 aliphatic heterocycles. The van der Waals surface area contributed by atoms with E-state index in [9.17, 15) is 14.7 Å². The standard InChI is InChI=1S/C19H16AsNO6/c1-26-12-2-4-13(5-3-12)27-14-6-7-15-11(8-14)10-21-17(18(15)24)19(25)20-9-16(22)23/h2-8,10,20,24H,9H2,1H3,(H,22,23). The molecule has 3 rings (SSSR count). The molecule has 138 valence electrons. The van der Waals surface area contributed by atoms with E-state index in [4.69, 9.17) is 14.6 Å². The Kier molecular flexibility index (Phi) is 5.62. The Morgan fingerprint density at radius 1 is 1.07 bits per heavy atom. The van der Waals surface area contributed by atoms with Crippen molar-refractivity contribution < 1.29 is 29.3 Å². The van der Waals surface area contributed by atoms with Gasteiger partial charge in [-0.05, 0) is 0 Å². The second kappa shape index (κ2) is 8.10. The molecule has 2 N–H and O–H groups in total. The van der Waals surface area contributed by atoms with E-state index in [2.05, 4.69) is 4.98 Å². The number of carbonyl (C=O) groups is 2. The molecule has 1 aromatic heterocycles. The number of aliphatic carboxylic acids is 1. The van der Waals surface area contributed by atoms with Crippen molar-refractivity contribution in [1.82, 2.24) is 4.98 Å². The van der Waals surface area contributed by atoms with Crippen LogP contribution in [0.1, 0.15) is 10.5 Å². The number of carbonyl (C=O) groups excluding carboxylic acids is 1. The number of nitrogens with zero attached hydrogens (tertiary/aromatic N) is 1. The molecule has 0 saturated heterocycles. The maximum atomic E-state index is 12.1. The van der Waals surface area contributed by atoms with E-state index in [1.54, 1.807) is 49.6 Å². The average Bonchev–Trinajstić information content (AvgIpc) is 2.67. The van der Waals surface area contributed by atoms with Gasteiger partial charge in [-0.3, -0.25) is 0 Å². The molecule has 1 heterocycles. The second-order valence-electron chi connectivity index (χ2n) is 5.56. The monoisotopic (exact) mass is 429 g/mol. The first-order valence-electron chi connectivity index (χ1n) is 7.91. The van der Waals surface area contributed by atoms with Crippen LogP contribution >= 0.6 is 0 Å². The zero-order chi connectivity index (χ0) is 19.4. The van der Waals surface area contributed by atoms with Crippen LogP contribution in [0.3, 0.4) is 0 Å². The Morgan fingerprint density at radius 2 is 1.74 bits per heavy atom. The summed E-state index contributed by atoms with van der Waals surface area (Å²) in [5.74, 6) is 0.635. The van der Waals surface area contributed by atoms with Gasteiger partial charge in [0.05, 0.1) is 7.11 Å². The van der Waals surface area contributed by atoms with Crippen molar-refractivity contribution in [3.8, 4) is 23.0 Å². The van der Waals surface area contributed by atoms with Crippen molar-refractivity contribution in [1.29, 1.82) is 0 Å². The summed E-state index contributed by atoms with van der Waals surface area (Å²) in [6.07, 6.45) is 1.47. The minimum atomic E-state index is -1.41. The fourth-order valence-corrected chi connectivity index (χ4v) is 3.82. The number of carboxylic acids is 1. The average molecular weight is 429 g/mol. The van der Waals surface area contributed by atoms with Gasteiger partial charge in [0.1, 0.15) is 0 Å². The number of pyridine rings is 1. The van der Waals surface area contributed by atoms with Gasteiger partial charge in [-0.1, -0.05) is 0 Å². The van der Waals surface area contributed by atoms with Crippen LogP contribution in [-0.4, -0.2) is 48.6 Å². The van der Waals surface area contributed by atoms with Gasteiger partial charge < -0.3 is 4.74 Å². The van der Waals surface area contributed by atoms with Crippen LogP contribution < -0.4 is 9.47 Å². The zero-order valence-electron chi connectivity index (χ0n) is 14.3. The molecule has 1 unspecified atom stereocenters. The first kappa shape index (κ1) is 18.7. The van der Waals surface area contributed by atoms with Crippen LogP contribution in [0.5, 0.6) is 23.0 Å². The molecule has 0 spiro atoms. The summed E-state index contributed by atoms with van der Waals surface area (Å²) in [7, 11) is 1.58. The molecule has 0 fully saturated rings. The van der Waals surface area contributed by atoms with Crippen LogP contribution in [0.4, 0.5) is 0 Å². The normalized spacial score (nSPS) is 11.0. The Morgan fingerprint density at radius 3 is 2.41 bits per heavy atom. The van der Waals surface area contributed by atoms with Crippen molar-refractivity contribution >= 4 is 37.1 Å². The topological polar surface area (TPSA) is 106 Å². The number of methoxy groups -OCH3 is 1. The molecular formula is C19H16AsNO6. The van der Waals surface area contributed by atoms with E-state index in [-0.39, 0.29) is 16.7 Å². The van der Waals surface area contributed by atoms with Crippen molar-refractivity contribution in [2.24, 2.45) is 0 Å². The van der Waals surface area contributed by atoms with Gasteiger partial charge in [0.15, 0.2) is 0 Å². The minimum absolute atomic E-state index is 0.0763. The van der Waals surface area contributed by atoms with Crippen LogP contribution in [0.2, 0.25) is 5.21 Å². The van der Waals surface area contributed by atoms with Gasteiger partial charge in [-0.15, -0.1) is 0 Å². The number of aromatic hydroxyl groups is 1. The molecule has 0 aliphatic rings. The Bertz CT molecular complexity index is 1000. The maximum absolute atomic E-state index is 12.1. The van der Waals surface area contributed by atoms with Crippen molar-refractivity contribution in [3.63, 3.8) is 0 Å². The number of benzene rings is 2. The number of hydrogen-bond acceptors (Lipinski definition) is 6. The summed E-state index contributed by atoms with van der Waals surface area (Å²) in [4.78, 5) is 26.8. The van der Waals surface area contributed by atoms with E-state index >= 15 is 0 Å². The molecule has 0 radical (unpaired) electrons. The predicted molar refractivity (Wildman–Crippen MR) is 100 cm³/mol. The summed E-state index contributed by atoms with van der Waals surface area (Å²) < 4.78 is 10.5. The predicted octanol–water partition coefficient (Wildman–Crippen LogP) is 2.82. The van der Waals surface area contributed by atoms with Gasteiger partial charge in [-0.2, -0.15) is 0 Å². The third kappa shape index (κ3) is 4.38. The van der Waals surface area contributed by atoms with E-state index in [0.29, 0.717) is 22.3 Å². The fraction of sp³-hybridized carbons (Fsp3) is 0.105. The molecule has 2 aromatic carbocycles. The van der Waals surface area contributed by atoms with Crippen LogP contribution in [-0.2, 0) is 4.79 Å². The van der Waals surface area contributed by atoms with Gasteiger partial charge >= 0.3 is 149 Å². The first-order chi connectivity index (χ1) is 13.0. The van der Waals surface area contributed by atoms with Gasteiger partial charge in [0.25, 0.3) is 0 Å². The third-order valence-corrected chi connectivity index (χ3v) is 5.92.